The Hall–Kier alpha value is -1.82. The molecule has 0 saturated carbocycles. The molecule has 1 aromatic heterocycles. The maximum atomic E-state index is 12.4. The smallest absolute Gasteiger partial charge is 0.187 e. The van der Waals surface area contributed by atoms with Crippen LogP contribution in [-0.4, -0.2) is 34.0 Å². The van der Waals surface area contributed by atoms with E-state index in [0.29, 0.717) is 11.1 Å². The standard InChI is InChI=1S/C12H12FN3OS/c1-15(2)6-5-12(17)9-3-4-10-8-16(18-13)14-11(10)7-9/h3-8H,1-2H3/b6-5+. The molecule has 0 unspecified atom stereocenters. The number of carbonyl (C=O) groups is 1. The fourth-order valence-electron chi connectivity index (χ4n) is 1.50. The number of hydrogen-bond donors (Lipinski definition) is 0. The number of hydrogen-bond acceptors (Lipinski definition) is 4. The van der Waals surface area contributed by atoms with E-state index in [1.54, 1.807) is 35.5 Å². The van der Waals surface area contributed by atoms with Crippen LogP contribution < -0.4 is 0 Å². The average molecular weight is 265 g/mol. The SMILES string of the molecule is CN(C)/C=C/C(=O)c1ccc2cn(SF)nc2c1. The average Bonchev–Trinajstić information content (AvgIpc) is 2.77. The first-order valence-corrected chi connectivity index (χ1v) is 5.95. The lowest BCUT2D eigenvalue weighted by Crippen LogP contribution is -2.03. The molecule has 0 aliphatic heterocycles. The molecule has 2 rings (SSSR count). The van der Waals surface area contributed by atoms with Gasteiger partial charge in [0, 0.05) is 43.5 Å². The number of benzene rings is 1. The predicted octanol–water partition coefficient (Wildman–Crippen LogP) is 2.68. The Balaban J connectivity index is 2.31. The minimum absolute atomic E-state index is 0.0229. The van der Waals surface area contributed by atoms with Gasteiger partial charge in [-0.15, -0.1) is 3.89 Å². The topological polar surface area (TPSA) is 38.1 Å². The normalized spacial score (nSPS) is 11.3. The van der Waals surface area contributed by atoms with Crippen LogP contribution in [0.1, 0.15) is 10.4 Å². The van der Waals surface area contributed by atoms with Crippen LogP contribution in [0.3, 0.4) is 0 Å². The van der Waals surface area contributed by atoms with Gasteiger partial charge < -0.3 is 4.90 Å². The molecule has 1 heterocycles. The van der Waals surface area contributed by atoms with E-state index < -0.39 is 0 Å². The number of allylic oxidation sites excluding steroid dienone is 1. The number of carbonyl (C=O) groups excluding carboxylic acids is 1. The second-order valence-electron chi connectivity index (χ2n) is 4.02. The van der Waals surface area contributed by atoms with E-state index in [1.807, 2.05) is 14.1 Å². The lowest BCUT2D eigenvalue weighted by molar-refractivity contribution is 0.104. The van der Waals surface area contributed by atoms with Gasteiger partial charge in [-0.1, -0.05) is 12.1 Å². The molecule has 0 saturated heterocycles. The summed E-state index contributed by atoms with van der Waals surface area (Å²) in [5.74, 6) is -0.104. The predicted molar refractivity (Wildman–Crippen MR) is 71.0 cm³/mol. The van der Waals surface area contributed by atoms with Gasteiger partial charge in [-0.3, -0.25) is 4.79 Å². The summed E-state index contributed by atoms with van der Waals surface area (Å²) in [6.45, 7) is 0. The van der Waals surface area contributed by atoms with Gasteiger partial charge in [-0.2, -0.15) is 9.19 Å². The van der Waals surface area contributed by atoms with Crippen LogP contribution in [0.25, 0.3) is 10.9 Å². The lowest BCUT2D eigenvalue weighted by Gasteiger charge is -2.02. The van der Waals surface area contributed by atoms with Crippen LogP contribution in [0.4, 0.5) is 3.89 Å². The van der Waals surface area contributed by atoms with E-state index in [9.17, 15) is 8.68 Å². The zero-order chi connectivity index (χ0) is 13.1. The molecular weight excluding hydrogens is 253 g/mol. The van der Waals surface area contributed by atoms with Crippen molar-refractivity contribution in [3.8, 4) is 0 Å². The van der Waals surface area contributed by atoms with Gasteiger partial charge in [0.1, 0.15) is 0 Å². The molecule has 0 aliphatic rings. The van der Waals surface area contributed by atoms with Gasteiger partial charge in [0.2, 0.25) is 0 Å². The summed E-state index contributed by atoms with van der Waals surface area (Å²) >= 11 is 0.0229. The van der Waals surface area contributed by atoms with Crippen molar-refractivity contribution in [3.63, 3.8) is 0 Å². The van der Waals surface area contributed by atoms with Gasteiger partial charge in [-0.25, -0.2) is 0 Å². The summed E-state index contributed by atoms with van der Waals surface area (Å²) in [7, 11) is 3.68. The summed E-state index contributed by atoms with van der Waals surface area (Å²) in [6.07, 6.45) is 4.74. The third kappa shape index (κ3) is 2.70. The van der Waals surface area contributed by atoms with Gasteiger partial charge in [0.05, 0.1) is 5.52 Å². The number of rotatable bonds is 4. The third-order valence-corrected chi connectivity index (χ3v) is 2.69. The zero-order valence-electron chi connectivity index (χ0n) is 10.0. The number of fused-ring (bicyclic) bond motifs is 1. The monoisotopic (exact) mass is 265 g/mol. The van der Waals surface area contributed by atoms with Gasteiger partial charge in [0.25, 0.3) is 0 Å². The number of ketones is 1. The molecule has 4 nitrogen and oxygen atoms in total. The van der Waals surface area contributed by atoms with Gasteiger partial charge >= 0.3 is 0 Å². The number of aromatic nitrogens is 2. The van der Waals surface area contributed by atoms with Crippen LogP contribution in [0, 0.1) is 0 Å². The van der Waals surface area contributed by atoms with E-state index in [-0.39, 0.29) is 18.1 Å². The summed E-state index contributed by atoms with van der Waals surface area (Å²) < 4.78 is 13.5. The van der Waals surface area contributed by atoms with E-state index in [2.05, 4.69) is 5.10 Å². The molecule has 18 heavy (non-hydrogen) atoms. The summed E-state index contributed by atoms with van der Waals surface area (Å²) in [5, 5.41) is 4.79. The molecule has 0 radical (unpaired) electrons. The zero-order valence-corrected chi connectivity index (χ0v) is 10.8. The van der Waals surface area contributed by atoms with Crippen LogP contribution in [0.2, 0.25) is 0 Å². The summed E-state index contributed by atoms with van der Waals surface area (Å²) in [5.41, 5.74) is 1.14. The fourth-order valence-corrected chi connectivity index (χ4v) is 1.77. The number of nitrogens with zero attached hydrogens (tertiary/aromatic N) is 3. The van der Waals surface area contributed by atoms with E-state index in [1.165, 1.54) is 6.08 Å². The Kier molecular flexibility index (Phi) is 3.66. The second kappa shape index (κ2) is 5.22. The van der Waals surface area contributed by atoms with Crippen molar-refractivity contribution >= 4 is 29.0 Å². The summed E-state index contributed by atoms with van der Waals surface area (Å²) in [6, 6.07) is 5.12. The van der Waals surface area contributed by atoms with Gasteiger partial charge in [0.15, 0.2) is 18.1 Å². The highest BCUT2D eigenvalue weighted by molar-refractivity contribution is 7.92. The highest BCUT2D eigenvalue weighted by atomic mass is 32.2. The Morgan fingerprint density at radius 1 is 1.50 bits per heavy atom. The van der Waals surface area contributed by atoms with E-state index in [0.717, 1.165) is 9.47 Å². The van der Waals surface area contributed by atoms with Crippen LogP contribution in [0.5, 0.6) is 0 Å². The second-order valence-corrected chi connectivity index (χ2v) is 4.53. The van der Waals surface area contributed by atoms with E-state index in [4.69, 9.17) is 0 Å². The molecule has 2 aromatic rings. The number of halogens is 1. The van der Waals surface area contributed by atoms with Crippen LogP contribution in [0.15, 0.2) is 36.7 Å². The minimum atomic E-state index is -0.104. The van der Waals surface area contributed by atoms with Crippen LogP contribution >= 0.6 is 12.3 Å². The van der Waals surface area contributed by atoms with Crippen molar-refractivity contribution in [3.05, 3.63) is 42.2 Å². The largest absolute Gasteiger partial charge is 0.383 e. The molecule has 0 bridgehead atoms. The van der Waals surface area contributed by atoms with Crippen molar-refractivity contribution in [1.29, 1.82) is 0 Å². The molecule has 0 aliphatic carbocycles. The first kappa shape index (κ1) is 12.6. The molecule has 6 heteroatoms. The Labute approximate surface area is 108 Å². The molecule has 0 N–H and O–H groups in total. The Bertz CT molecular complexity index is 606. The highest BCUT2D eigenvalue weighted by Crippen LogP contribution is 2.18. The van der Waals surface area contributed by atoms with Crippen molar-refractivity contribution < 1.29 is 8.68 Å². The molecule has 0 spiro atoms. The fraction of sp³-hybridized carbons (Fsp3) is 0.167. The van der Waals surface area contributed by atoms with Crippen LogP contribution in [-0.2, 0) is 0 Å². The highest BCUT2D eigenvalue weighted by Gasteiger charge is 2.06. The summed E-state index contributed by atoms with van der Waals surface area (Å²) in [4.78, 5) is 13.6. The third-order valence-electron chi connectivity index (χ3n) is 2.37. The molecular formula is C12H12FN3OS. The van der Waals surface area contributed by atoms with Crippen molar-refractivity contribution in [2.45, 2.75) is 0 Å². The first-order valence-electron chi connectivity index (χ1n) is 5.27. The molecule has 1 aromatic carbocycles. The molecule has 0 atom stereocenters. The quantitative estimate of drug-likeness (QED) is 0.629. The molecule has 94 valence electrons. The molecule has 0 amide bonds. The van der Waals surface area contributed by atoms with Crippen molar-refractivity contribution in [2.75, 3.05) is 14.1 Å². The first-order chi connectivity index (χ1) is 8.60. The van der Waals surface area contributed by atoms with Crippen molar-refractivity contribution in [2.24, 2.45) is 0 Å². The minimum Gasteiger partial charge on any atom is -0.383 e. The molecule has 0 fully saturated rings. The lowest BCUT2D eigenvalue weighted by atomic mass is 10.1. The maximum absolute atomic E-state index is 12.4. The van der Waals surface area contributed by atoms with E-state index >= 15 is 0 Å². The van der Waals surface area contributed by atoms with Crippen molar-refractivity contribution in [1.82, 2.24) is 14.1 Å². The maximum Gasteiger partial charge on any atom is 0.187 e. The Morgan fingerprint density at radius 3 is 2.94 bits per heavy atom. The Morgan fingerprint density at radius 2 is 2.28 bits per heavy atom. The van der Waals surface area contributed by atoms with Gasteiger partial charge in [-0.05, 0) is 6.07 Å².